The number of carboxylic acids is 1. The molecular weight excluding hydrogens is 284 g/mol. The number of hydrogen-bond donors (Lipinski definition) is 2. The summed E-state index contributed by atoms with van der Waals surface area (Å²) in [5.41, 5.74) is 1.32. The highest BCUT2D eigenvalue weighted by Crippen LogP contribution is 2.33. The van der Waals surface area contributed by atoms with Crippen molar-refractivity contribution in [3.05, 3.63) is 28.4 Å². The van der Waals surface area contributed by atoms with Crippen LogP contribution in [-0.4, -0.2) is 21.3 Å². The molecule has 0 radical (unpaired) electrons. The average Bonchev–Trinajstić information content (AvgIpc) is 2.58. The molecule has 5 heteroatoms. The molecule has 0 unspecified atom stereocenters. The number of aromatic amines is 1. The first kappa shape index (κ1) is 12.1. The average molecular weight is 297 g/mol. The molecule has 0 aliphatic carbocycles. The maximum Gasteiger partial charge on any atom is 0.304 e. The highest BCUT2D eigenvalue weighted by molar-refractivity contribution is 9.10. The van der Waals surface area contributed by atoms with Crippen LogP contribution in [-0.2, 0) is 10.2 Å². The Bertz CT molecular complexity index is 575. The van der Waals surface area contributed by atoms with Crippen molar-refractivity contribution in [1.29, 1.82) is 0 Å². The Balaban J connectivity index is 2.58. The first-order valence-corrected chi connectivity index (χ1v) is 6.06. The van der Waals surface area contributed by atoms with Gasteiger partial charge in [0.2, 0.25) is 0 Å². The molecule has 0 saturated carbocycles. The number of aromatic nitrogens is 2. The van der Waals surface area contributed by atoms with Gasteiger partial charge < -0.3 is 5.11 Å². The molecular formula is C12H13BrN2O2. The van der Waals surface area contributed by atoms with Crippen LogP contribution in [0.1, 0.15) is 25.8 Å². The summed E-state index contributed by atoms with van der Waals surface area (Å²) >= 11 is 3.38. The molecule has 1 aromatic heterocycles. The molecule has 1 aromatic carbocycles. The minimum Gasteiger partial charge on any atom is -0.481 e. The summed E-state index contributed by atoms with van der Waals surface area (Å²) in [7, 11) is 0. The van der Waals surface area contributed by atoms with Gasteiger partial charge in [-0.3, -0.25) is 9.89 Å². The smallest absolute Gasteiger partial charge is 0.304 e. The molecule has 0 aliphatic heterocycles. The van der Waals surface area contributed by atoms with Crippen LogP contribution in [0, 0.1) is 0 Å². The van der Waals surface area contributed by atoms with Crippen molar-refractivity contribution in [3.63, 3.8) is 0 Å². The van der Waals surface area contributed by atoms with Gasteiger partial charge in [0.1, 0.15) is 4.60 Å². The summed E-state index contributed by atoms with van der Waals surface area (Å²) < 4.78 is 0.820. The quantitative estimate of drug-likeness (QED) is 0.915. The molecule has 2 rings (SSSR count). The standard InChI is InChI=1S/C12H13BrN2O2/c1-12(2,6-9(16)17)8-5-3-4-7-10(8)14-15-11(7)13/h3-5H,6H2,1-2H3,(H,14,15)(H,16,17). The number of H-pyrrole nitrogens is 1. The number of para-hydroxylation sites is 1. The van der Waals surface area contributed by atoms with Crippen LogP contribution in [0.25, 0.3) is 10.9 Å². The van der Waals surface area contributed by atoms with Gasteiger partial charge in [0.05, 0.1) is 11.9 Å². The molecule has 0 spiro atoms. The zero-order chi connectivity index (χ0) is 12.6. The Kier molecular flexibility index (Phi) is 2.95. The molecule has 0 aliphatic rings. The molecule has 0 bridgehead atoms. The zero-order valence-electron chi connectivity index (χ0n) is 9.62. The minimum atomic E-state index is -0.804. The first-order chi connectivity index (χ1) is 7.92. The first-order valence-electron chi connectivity index (χ1n) is 5.27. The maximum absolute atomic E-state index is 10.9. The van der Waals surface area contributed by atoms with Gasteiger partial charge in [-0.15, -0.1) is 0 Å². The van der Waals surface area contributed by atoms with Crippen LogP contribution in [0.3, 0.4) is 0 Å². The fraction of sp³-hybridized carbons (Fsp3) is 0.333. The van der Waals surface area contributed by atoms with Crippen LogP contribution in [0.2, 0.25) is 0 Å². The maximum atomic E-state index is 10.9. The predicted molar refractivity (Wildman–Crippen MR) is 69.1 cm³/mol. The number of hydrogen-bond acceptors (Lipinski definition) is 2. The van der Waals surface area contributed by atoms with E-state index in [4.69, 9.17) is 5.11 Å². The fourth-order valence-electron chi connectivity index (χ4n) is 2.03. The van der Waals surface area contributed by atoms with Crippen molar-refractivity contribution in [2.24, 2.45) is 0 Å². The number of carboxylic acid groups (broad SMARTS) is 1. The molecule has 2 aromatic rings. The van der Waals surface area contributed by atoms with Crippen molar-refractivity contribution < 1.29 is 9.90 Å². The van der Waals surface area contributed by atoms with Crippen molar-refractivity contribution in [3.8, 4) is 0 Å². The number of nitrogens with zero attached hydrogens (tertiary/aromatic N) is 1. The van der Waals surface area contributed by atoms with Crippen LogP contribution in [0.5, 0.6) is 0 Å². The Morgan fingerprint density at radius 3 is 2.88 bits per heavy atom. The summed E-state index contributed by atoms with van der Waals surface area (Å²) in [5, 5.41) is 17.0. The topological polar surface area (TPSA) is 66.0 Å². The molecule has 1 heterocycles. The lowest BCUT2D eigenvalue weighted by molar-refractivity contribution is -0.138. The van der Waals surface area contributed by atoms with Crippen LogP contribution in [0.15, 0.2) is 22.8 Å². The SMILES string of the molecule is CC(C)(CC(=O)O)c1cccc2c(Br)[nH]nc12. The molecule has 2 N–H and O–H groups in total. The van der Waals surface area contributed by atoms with E-state index in [0.717, 1.165) is 21.1 Å². The van der Waals surface area contributed by atoms with E-state index in [1.807, 2.05) is 32.0 Å². The third-order valence-corrected chi connectivity index (χ3v) is 3.47. The number of nitrogens with one attached hydrogen (secondary N) is 1. The van der Waals surface area contributed by atoms with Crippen molar-refractivity contribution in [2.75, 3.05) is 0 Å². The minimum absolute atomic E-state index is 0.0800. The molecule has 0 fully saturated rings. The lowest BCUT2D eigenvalue weighted by Gasteiger charge is -2.23. The van der Waals surface area contributed by atoms with Crippen molar-refractivity contribution in [1.82, 2.24) is 10.2 Å². The number of fused-ring (bicyclic) bond motifs is 1. The second kappa shape index (κ2) is 4.14. The van der Waals surface area contributed by atoms with Gasteiger partial charge in [-0.2, -0.15) is 5.10 Å². The second-order valence-electron chi connectivity index (χ2n) is 4.69. The molecule has 4 nitrogen and oxygen atoms in total. The van der Waals surface area contributed by atoms with E-state index in [1.54, 1.807) is 0 Å². The van der Waals surface area contributed by atoms with Gasteiger partial charge in [-0.25, -0.2) is 0 Å². The van der Waals surface area contributed by atoms with Gasteiger partial charge in [0.25, 0.3) is 0 Å². The predicted octanol–water partition coefficient (Wildman–Crippen LogP) is 3.08. The van der Waals surface area contributed by atoms with Crippen molar-refractivity contribution >= 4 is 32.8 Å². The Hall–Kier alpha value is -1.36. The van der Waals surface area contributed by atoms with Gasteiger partial charge >= 0.3 is 5.97 Å². The van der Waals surface area contributed by atoms with Gasteiger partial charge in [-0.1, -0.05) is 32.0 Å². The molecule has 0 saturated heterocycles. The summed E-state index contributed by atoms with van der Waals surface area (Å²) in [6.07, 6.45) is 0.0800. The van der Waals surface area contributed by atoms with Crippen molar-refractivity contribution in [2.45, 2.75) is 25.7 Å². The molecule has 17 heavy (non-hydrogen) atoms. The summed E-state index contributed by atoms with van der Waals surface area (Å²) in [5.74, 6) is -0.804. The van der Waals surface area contributed by atoms with Gasteiger partial charge in [-0.05, 0) is 21.5 Å². The Morgan fingerprint density at radius 1 is 1.53 bits per heavy atom. The normalized spacial score (nSPS) is 11.9. The lowest BCUT2D eigenvalue weighted by atomic mass is 9.81. The van der Waals surface area contributed by atoms with E-state index in [9.17, 15) is 4.79 Å². The van der Waals surface area contributed by atoms with Crippen LogP contribution in [0.4, 0.5) is 0 Å². The third-order valence-electron chi connectivity index (χ3n) is 2.86. The summed E-state index contributed by atoms with van der Waals surface area (Å²) in [4.78, 5) is 10.9. The number of carbonyl (C=O) groups is 1. The Morgan fingerprint density at radius 2 is 2.24 bits per heavy atom. The lowest BCUT2D eigenvalue weighted by Crippen LogP contribution is -2.22. The highest BCUT2D eigenvalue weighted by Gasteiger charge is 2.27. The van der Waals surface area contributed by atoms with E-state index >= 15 is 0 Å². The third kappa shape index (κ3) is 2.20. The van der Waals surface area contributed by atoms with Gasteiger partial charge in [0.15, 0.2) is 0 Å². The number of halogens is 1. The van der Waals surface area contributed by atoms with Crippen LogP contribution < -0.4 is 0 Å². The highest BCUT2D eigenvalue weighted by atomic mass is 79.9. The Labute approximate surface area is 107 Å². The monoisotopic (exact) mass is 296 g/mol. The number of aliphatic carboxylic acids is 1. The van der Waals surface area contributed by atoms with Gasteiger partial charge in [0, 0.05) is 10.8 Å². The number of benzene rings is 1. The van der Waals surface area contributed by atoms with E-state index < -0.39 is 11.4 Å². The summed E-state index contributed by atoms with van der Waals surface area (Å²) in [6.45, 7) is 3.83. The fourth-order valence-corrected chi connectivity index (χ4v) is 2.43. The van der Waals surface area contributed by atoms with E-state index in [2.05, 4.69) is 26.1 Å². The van der Waals surface area contributed by atoms with E-state index in [-0.39, 0.29) is 6.42 Å². The molecule has 0 amide bonds. The largest absolute Gasteiger partial charge is 0.481 e. The molecule has 90 valence electrons. The van der Waals surface area contributed by atoms with E-state index in [0.29, 0.717) is 0 Å². The summed E-state index contributed by atoms with van der Waals surface area (Å²) in [6, 6.07) is 5.80. The van der Waals surface area contributed by atoms with Crippen LogP contribution >= 0.6 is 15.9 Å². The number of rotatable bonds is 3. The van der Waals surface area contributed by atoms with E-state index in [1.165, 1.54) is 0 Å². The second-order valence-corrected chi connectivity index (χ2v) is 5.49. The molecule has 0 atom stereocenters. The zero-order valence-corrected chi connectivity index (χ0v) is 11.2.